The second-order valence-corrected chi connectivity index (χ2v) is 10.0. The van der Waals surface area contributed by atoms with E-state index in [0.29, 0.717) is 26.2 Å². The van der Waals surface area contributed by atoms with Crippen LogP contribution < -0.4 is 0 Å². The van der Waals surface area contributed by atoms with Crippen molar-refractivity contribution in [1.29, 1.82) is 0 Å². The van der Waals surface area contributed by atoms with Crippen LogP contribution in [0.2, 0.25) is 0 Å². The Balaban J connectivity index is 2.14. The molecule has 0 radical (unpaired) electrons. The van der Waals surface area contributed by atoms with Crippen molar-refractivity contribution < 1.29 is 39.3 Å². The lowest BCUT2D eigenvalue weighted by Crippen LogP contribution is -2.48. The molecule has 2 aliphatic heterocycles. The lowest BCUT2D eigenvalue weighted by molar-refractivity contribution is -0.146. The van der Waals surface area contributed by atoms with Crippen LogP contribution in [0, 0.1) is 11.3 Å². The average Bonchev–Trinajstić information content (AvgIpc) is 3.03. The molecule has 2 fully saturated rings. The van der Waals surface area contributed by atoms with Gasteiger partial charge >= 0.3 is 17.9 Å². The molecule has 192 valence electrons. The van der Waals surface area contributed by atoms with Crippen molar-refractivity contribution >= 4 is 29.7 Å². The Hall–Kier alpha value is -2.57. The molecular weight excluding hydrogens is 448 g/mol. The third-order valence-electron chi connectivity index (χ3n) is 6.50. The van der Waals surface area contributed by atoms with Crippen molar-refractivity contribution in [2.24, 2.45) is 11.3 Å². The maximum absolute atomic E-state index is 12.8. The van der Waals surface area contributed by atoms with Crippen LogP contribution in [0.4, 0.5) is 0 Å². The molecule has 2 amide bonds. The number of carbonyl (C=O) groups is 5. The van der Waals surface area contributed by atoms with Crippen molar-refractivity contribution in [1.82, 2.24) is 19.6 Å². The summed E-state index contributed by atoms with van der Waals surface area (Å²) in [6.07, 6.45) is 0.139. The number of likely N-dealkylation sites (tertiary alicyclic amines) is 1. The molecule has 0 aromatic heterocycles. The monoisotopic (exact) mass is 484 g/mol. The van der Waals surface area contributed by atoms with Crippen LogP contribution in [0.1, 0.15) is 33.6 Å². The summed E-state index contributed by atoms with van der Waals surface area (Å²) in [6.45, 7) is 6.98. The summed E-state index contributed by atoms with van der Waals surface area (Å²) < 4.78 is 0. The number of carboxylic acid groups (broad SMARTS) is 3. The van der Waals surface area contributed by atoms with Gasteiger partial charge in [0.25, 0.3) is 0 Å². The van der Waals surface area contributed by atoms with E-state index in [4.69, 9.17) is 0 Å². The molecular formula is C22H36N4O8. The summed E-state index contributed by atoms with van der Waals surface area (Å²) in [4.78, 5) is 65.9. The van der Waals surface area contributed by atoms with E-state index >= 15 is 0 Å². The molecule has 0 saturated carbocycles. The van der Waals surface area contributed by atoms with Crippen LogP contribution in [0.5, 0.6) is 0 Å². The largest absolute Gasteiger partial charge is 0.480 e. The van der Waals surface area contributed by atoms with Crippen LogP contribution in [-0.4, -0.2) is 130 Å². The summed E-state index contributed by atoms with van der Waals surface area (Å²) in [7, 11) is 0. The maximum atomic E-state index is 12.8. The quantitative estimate of drug-likeness (QED) is 0.357. The van der Waals surface area contributed by atoms with Gasteiger partial charge in [-0.05, 0) is 11.8 Å². The molecule has 2 atom stereocenters. The zero-order valence-electron chi connectivity index (χ0n) is 20.1. The number of amides is 2. The van der Waals surface area contributed by atoms with Crippen molar-refractivity contribution in [3.8, 4) is 0 Å². The molecule has 0 aromatic rings. The Morgan fingerprint density at radius 1 is 0.882 bits per heavy atom. The van der Waals surface area contributed by atoms with Gasteiger partial charge in [0, 0.05) is 52.2 Å². The van der Waals surface area contributed by atoms with Gasteiger partial charge < -0.3 is 15.3 Å². The molecule has 0 aromatic carbocycles. The van der Waals surface area contributed by atoms with Crippen LogP contribution in [0.25, 0.3) is 0 Å². The molecule has 0 spiro atoms. The van der Waals surface area contributed by atoms with Crippen LogP contribution >= 0.6 is 0 Å². The van der Waals surface area contributed by atoms with Gasteiger partial charge in [-0.1, -0.05) is 20.8 Å². The first-order chi connectivity index (χ1) is 15.8. The standard InChI is InChI=1S/C22H36N4O8/c1-22(2,3)15-12-17(27)26(20(15)32)5-4-16(21(33)34)25-10-8-23(13-18(28)29)6-7-24(9-11-25)14-19(30)31/h15-16H,4-14H2,1-3H3,(H,28,29)(H,30,31)(H,33,34)/t15?,16-/m0/s1. The van der Waals surface area contributed by atoms with Gasteiger partial charge in [-0.3, -0.25) is 43.6 Å². The van der Waals surface area contributed by atoms with E-state index < -0.39 is 29.9 Å². The van der Waals surface area contributed by atoms with Crippen LogP contribution in [0.15, 0.2) is 0 Å². The highest BCUT2D eigenvalue weighted by molar-refractivity contribution is 6.03. The van der Waals surface area contributed by atoms with E-state index in [1.165, 1.54) is 0 Å². The number of carboxylic acids is 3. The zero-order valence-corrected chi connectivity index (χ0v) is 20.1. The van der Waals surface area contributed by atoms with Gasteiger partial charge in [-0.25, -0.2) is 0 Å². The Bertz CT molecular complexity index is 768. The van der Waals surface area contributed by atoms with Gasteiger partial charge in [-0.15, -0.1) is 0 Å². The third kappa shape index (κ3) is 7.74. The first-order valence-corrected chi connectivity index (χ1v) is 11.5. The van der Waals surface area contributed by atoms with Crippen molar-refractivity contribution in [2.75, 3.05) is 58.9 Å². The maximum Gasteiger partial charge on any atom is 0.320 e. The SMILES string of the molecule is CC(C)(C)C1CC(=O)N(CC[C@@H](C(=O)O)N2CCN(CC(=O)O)CCN(CC(=O)O)CC2)C1=O. The minimum atomic E-state index is -1.11. The summed E-state index contributed by atoms with van der Waals surface area (Å²) >= 11 is 0. The fourth-order valence-electron chi connectivity index (χ4n) is 4.48. The number of carbonyl (C=O) groups excluding carboxylic acids is 2. The van der Waals surface area contributed by atoms with E-state index in [0.717, 1.165) is 4.90 Å². The first kappa shape index (κ1) is 27.7. The molecule has 2 aliphatic rings. The summed E-state index contributed by atoms with van der Waals surface area (Å²) in [5, 5.41) is 28.3. The predicted molar refractivity (Wildman–Crippen MR) is 120 cm³/mol. The second-order valence-electron chi connectivity index (χ2n) is 10.0. The number of hydrogen-bond donors (Lipinski definition) is 3. The number of hydrogen-bond acceptors (Lipinski definition) is 8. The average molecular weight is 485 g/mol. The highest BCUT2D eigenvalue weighted by Crippen LogP contribution is 2.35. The second kappa shape index (κ2) is 11.7. The van der Waals surface area contributed by atoms with Crippen LogP contribution in [-0.2, 0) is 24.0 Å². The van der Waals surface area contributed by atoms with Crippen LogP contribution in [0.3, 0.4) is 0 Å². The summed E-state index contributed by atoms with van der Waals surface area (Å²) in [5.41, 5.74) is -0.379. The van der Waals surface area contributed by atoms with Gasteiger partial charge in [0.2, 0.25) is 11.8 Å². The Kier molecular flexibility index (Phi) is 9.54. The Morgan fingerprint density at radius 3 is 1.74 bits per heavy atom. The molecule has 2 heterocycles. The number of rotatable bonds is 9. The van der Waals surface area contributed by atoms with E-state index in [-0.39, 0.29) is 62.8 Å². The topological polar surface area (TPSA) is 159 Å². The van der Waals surface area contributed by atoms with Crippen molar-refractivity contribution in [3.63, 3.8) is 0 Å². The molecule has 3 N–H and O–H groups in total. The van der Waals surface area contributed by atoms with E-state index in [2.05, 4.69) is 0 Å². The number of nitrogens with zero attached hydrogens (tertiary/aromatic N) is 4. The summed E-state index contributed by atoms with van der Waals surface area (Å²) in [6, 6.07) is -1.01. The lowest BCUT2D eigenvalue weighted by atomic mass is 9.80. The summed E-state index contributed by atoms with van der Waals surface area (Å²) in [5.74, 6) is -4.19. The van der Waals surface area contributed by atoms with E-state index in [9.17, 15) is 39.3 Å². The number of aliphatic carboxylic acids is 3. The molecule has 1 unspecified atom stereocenters. The molecule has 0 bridgehead atoms. The van der Waals surface area contributed by atoms with Gasteiger partial charge in [0.15, 0.2) is 0 Å². The molecule has 0 aliphatic carbocycles. The minimum absolute atomic E-state index is 0.0185. The smallest absolute Gasteiger partial charge is 0.320 e. The van der Waals surface area contributed by atoms with E-state index in [1.54, 1.807) is 14.7 Å². The molecule has 2 saturated heterocycles. The fraction of sp³-hybridized carbons (Fsp3) is 0.773. The molecule has 2 rings (SSSR count). The third-order valence-corrected chi connectivity index (χ3v) is 6.50. The van der Waals surface area contributed by atoms with Gasteiger partial charge in [0.1, 0.15) is 6.04 Å². The first-order valence-electron chi connectivity index (χ1n) is 11.5. The van der Waals surface area contributed by atoms with Gasteiger partial charge in [-0.2, -0.15) is 0 Å². The van der Waals surface area contributed by atoms with Gasteiger partial charge in [0.05, 0.1) is 19.0 Å². The van der Waals surface area contributed by atoms with Crippen molar-refractivity contribution in [2.45, 2.75) is 39.7 Å². The highest BCUT2D eigenvalue weighted by Gasteiger charge is 2.44. The normalized spacial score (nSPS) is 22.8. The minimum Gasteiger partial charge on any atom is -0.480 e. The predicted octanol–water partition coefficient (Wildman–Crippen LogP) is -0.660. The Labute approximate surface area is 199 Å². The number of imide groups is 1. The Morgan fingerprint density at radius 2 is 1.35 bits per heavy atom. The zero-order chi connectivity index (χ0) is 25.6. The van der Waals surface area contributed by atoms with E-state index in [1.807, 2.05) is 20.8 Å². The molecule has 12 heteroatoms. The lowest BCUT2D eigenvalue weighted by Gasteiger charge is -2.31. The highest BCUT2D eigenvalue weighted by atomic mass is 16.4. The molecule has 12 nitrogen and oxygen atoms in total. The van der Waals surface area contributed by atoms with Crippen molar-refractivity contribution in [3.05, 3.63) is 0 Å². The fourth-order valence-corrected chi connectivity index (χ4v) is 4.48. The molecule has 34 heavy (non-hydrogen) atoms.